The molecule has 8 heteroatoms. The maximum Gasteiger partial charge on any atom is 0.240 e. The van der Waals surface area contributed by atoms with Gasteiger partial charge in [-0.05, 0) is 24.5 Å². The van der Waals surface area contributed by atoms with Gasteiger partial charge in [-0.3, -0.25) is 0 Å². The number of halogens is 2. The highest BCUT2D eigenvalue weighted by Crippen LogP contribution is 2.39. The van der Waals surface area contributed by atoms with Crippen molar-refractivity contribution in [2.75, 3.05) is 18.0 Å². The van der Waals surface area contributed by atoms with Gasteiger partial charge < -0.3 is 10.0 Å². The molecule has 1 aromatic rings. The van der Waals surface area contributed by atoms with Crippen molar-refractivity contribution in [2.24, 2.45) is 17.0 Å². The molecule has 3 N–H and O–H groups in total. The highest BCUT2D eigenvalue weighted by Gasteiger charge is 2.36. The Morgan fingerprint density at radius 3 is 2.54 bits per heavy atom. The van der Waals surface area contributed by atoms with Gasteiger partial charge in [-0.2, -0.15) is 0 Å². The Hall–Kier alpha value is -0.890. The number of nitrogens with two attached hydrogens (primary N) is 1. The molecule has 1 aliphatic heterocycles. The van der Waals surface area contributed by atoms with E-state index >= 15 is 0 Å². The predicted octanol–water partition coefficient (Wildman–Crippen LogP) is 2.50. The first-order chi connectivity index (χ1) is 11.3. The molecule has 5 nitrogen and oxygen atoms in total. The van der Waals surface area contributed by atoms with Crippen LogP contribution in [0.4, 0.5) is 10.1 Å². The SMILES string of the molecule is NS(=O)(=O)c1cc(F)c(Cl)cc1N1CC[C@@H](O)[C@H](C2CCCC2)C1. The zero-order valence-corrected chi connectivity index (χ0v) is 14.9. The average Bonchev–Trinajstić information content (AvgIpc) is 3.03. The van der Waals surface area contributed by atoms with Crippen LogP contribution in [0.1, 0.15) is 32.1 Å². The highest BCUT2D eigenvalue weighted by atomic mass is 35.5. The summed E-state index contributed by atoms with van der Waals surface area (Å²) in [5.41, 5.74) is 0.318. The summed E-state index contributed by atoms with van der Waals surface area (Å²) in [7, 11) is -4.07. The Kier molecular flexibility index (Phi) is 5.06. The summed E-state index contributed by atoms with van der Waals surface area (Å²) >= 11 is 5.86. The number of nitrogens with zero attached hydrogens (tertiary/aromatic N) is 1. The first-order valence-electron chi connectivity index (χ1n) is 8.22. The molecule has 1 aliphatic carbocycles. The van der Waals surface area contributed by atoms with E-state index in [1.54, 1.807) is 0 Å². The van der Waals surface area contributed by atoms with Gasteiger partial charge in [0.1, 0.15) is 10.7 Å². The molecule has 2 atom stereocenters. The van der Waals surface area contributed by atoms with E-state index in [-0.39, 0.29) is 15.8 Å². The average molecular weight is 377 g/mol. The van der Waals surface area contributed by atoms with E-state index < -0.39 is 21.9 Å². The Bertz CT molecular complexity index is 722. The number of sulfonamides is 1. The van der Waals surface area contributed by atoms with Gasteiger partial charge in [-0.25, -0.2) is 17.9 Å². The van der Waals surface area contributed by atoms with Gasteiger partial charge in [0.05, 0.1) is 16.8 Å². The predicted molar refractivity (Wildman–Crippen MR) is 91.1 cm³/mol. The van der Waals surface area contributed by atoms with Crippen molar-refractivity contribution < 1.29 is 17.9 Å². The molecule has 3 rings (SSSR count). The second-order valence-electron chi connectivity index (χ2n) is 6.79. The number of benzene rings is 1. The van der Waals surface area contributed by atoms with Gasteiger partial charge in [-0.1, -0.05) is 37.3 Å². The molecule has 134 valence electrons. The third kappa shape index (κ3) is 3.54. The lowest BCUT2D eigenvalue weighted by molar-refractivity contribution is 0.0562. The van der Waals surface area contributed by atoms with E-state index in [9.17, 15) is 17.9 Å². The Morgan fingerprint density at radius 1 is 1.25 bits per heavy atom. The summed E-state index contributed by atoms with van der Waals surface area (Å²) in [6.45, 7) is 1.01. The van der Waals surface area contributed by atoms with Crippen LogP contribution in [0, 0.1) is 17.7 Å². The quantitative estimate of drug-likeness (QED) is 0.848. The second-order valence-corrected chi connectivity index (χ2v) is 8.73. The number of rotatable bonds is 3. The minimum absolute atomic E-state index is 0.0819. The van der Waals surface area contributed by atoms with Gasteiger partial charge in [0, 0.05) is 19.0 Å². The van der Waals surface area contributed by atoms with Crippen LogP contribution >= 0.6 is 11.6 Å². The molecule has 0 spiro atoms. The van der Waals surface area contributed by atoms with Gasteiger partial charge in [0.25, 0.3) is 0 Å². The first-order valence-corrected chi connectivity index (χ1v) is 10.1. The van der Waals surface area contributed by atoms with Gasteiger partial charge >= 0.3 is 0 Å². The minimum atomic E-state index is -4.07. The fourth-order valence-electron chi connectivity index (χ4n) is 4.03. The molecule has 2 fully saturated rings. The minimum Gasteiger partial charge on any atom is -0.393 e. The fourth-order valence-corrected chi connectivity index (χ4v) is 4.94. The van der Waals surface area contributed by atoms with Crippen LogP contribution in [-0.2, 0) is 10.0 Å². The van der Waals surface area contributed by atoms with Crippen molar-refractivity contribution in [3.05, 3.63) is 23.0 Å². The topological polar surface area (TPSA) is 83.6 Å². The smallest absolute Gasteiger partial charge is 0.240 e. The summed E-state index contributed by atoms with van der Waals surface area (Å²) < 4.78 is 37.4. The molecule has 2 aliphatic rings. The van der Waals surface area contributed by atoms with Crippen molar-refractivity contribution in [1.29, 1.82) is 0 Å². The van der Waals surface area contributed by atoms with E-state index in [1.165, 1.54) is 18.9 Å². The summed E-state index contributed by atoms with van der Waals surface area (Å²) in [4.78, 5) is 1.60. The van der Waals surface area contributed by atoms with Crippen molar-refractivity contribution >= 4 is 27.3 Å². The molecule has 0 radical (unpaired) electrons. The van der Waals surface area contributed by atoms with Crippen LogP contribution in [0.2, 0.25) is 5.02 Å². The first kappa shape index (κ1) is 17.9. The molecule has 0 unspecified atom stereocenters. The largest absolute Gasteiger partial charge is 0.393 e. The van der Waals surface area contributed by atoms with Gasteiger partial charge in [-0.15, -0.1) is 0 Å². The summed E-state index contributed by atoms with van der Waals surface area (Å²) in [5.74, 6) is -0.288. The molecule has 0 amide bonds. The van der Waals surface area contributed by atoms with Crippen LogP contribution in [0.25, 0.3) is 0 Å². The van der Waals surface area contributed by atoms with E-state index in [0.29, 0.717) is 31.1 Å². The zero-order valence-electron chi connectivity index (χ0n) is 13.3. The lowest BCUT2D eigenvalue weighted by Crippen LogP contribution is -2.46. The van der Waals surface area contributed by atoms with E-state index in [4.69, 9.17) is 16.7 Å². The number of aliphatic hydroxyl groups is 1. The molecule has 0 bridgehead atoms. The highest BCUT2D eigenvalue weighted by molar-refractivity contribution is 7.89. The van der Waals surface area contributed by atoms with Crippen LogP contribution in [0.15, 0.2) is 17.0 Å². The van der Waals surface area contributed by atoms with Crippen LogP contribution < -0.4 is 10.0 Å². The standard InChI is InChI=1S/C16H22ClFN2O3S/c17-12-7-14(16(8-13(12)18)24(19,22)23)20-6-5-15(21)11(9-20)10-3-1-2-4-10/h7-8,10-11,15,21H,1-6,9H2,(H2,19,22,23)/t11-,15+/m0/s1. The normalized spacial score (nSPS) is 26.1. The second kappa shape index (κ2) is 6.78. The van der Waals surface area contributed by atoms with Crippen molar-refractivity contribution in [2.45, 2.75) is 43.1 Å². The van der Waals surface area contributed by atoms with E-state index in [2.05, 4.69) is 0 Å². The Morgan fingerprint density at radius 2 is 1.92 bits per heavy atom. The maximum absolute atomic E-state index is 13.7. The van der Waals surface area contributed by atoms with Gasteiger partial charge in [0.15, 0.2) is 0 Å². The van der Waals surface area contributed by atoms with Gasteiger partial charge in [0.2, 0.25) is 10.0 Å². The van der Waals surface area contributed by atoms with Crippen LogP contribution in [0.3, 0.4) is 0 Å². The summed E-state index contributed by atoms with van der Waals surface area (Å²) in [5, 5.41) is 15.5. The number of aliphatic hydroxyl groups excluding tert-OH is 1. The Labute approximate surface area is 146 Å². The number of hydrogen-bond donors (Lipinski definition) is 2. The third-order valence-electron chi connectivity index (χ3n) is 5.27. The number of anilines is 1. The molecule has 1 saturated heterocycles. The molecule has 0 aromatic heterocycles. The van der Waals surface area contributed by atoms with Crippen molar-refractivity contribution in [3.63, 3.8) is 0 Å². The lowest BCUT2D eigenvalue weighted by atomic mass is 9.82. The van der Waals surface area contributed by atoms with E-state index in [0.717, 1.165) is 18.9 Å². The summed E-state index contributed by atoms with van der Waals surface area (Å²) in [6.07, 6.45) is 4.65. The number of primary sulfonamides is 1. The fraction of sp³-hybridized carbons (Fsp3) is 0.625. The lowest BCUT2D eigenvalue weighted by Gasteiger charge is -2.41. The molecular formula is C16H22ClFN2O3S. The monoisotopic (exact) mass is 376 g/mol. The molecule has 1 saturated carbocycles. The van der Waals surface area contributed by atoms with Crippen LogP contribution in [0.5, 0.6) is 0 Å². The van der Waals surface area contributed by atoms with E-state index in [1.807, 2.05) is 4.90 Å². The molecule has 24 heavy (non-hydrogen) atoms. The number of piperidine rings is 1. The molecule has 1 heterocycles. The molecular weight excluding hydrogens is 355 g/mol. The summed E-state index contributed by atoms with van der Waals surface area (Å²) in [6, 6.07) is 2.20. The molecule has 1 aromatic carbocycles. The zero-order chi connectivity index (χ0) is 17.5. The Balaban J connectivity index is 1.94. The maximum atomic E-state index is 13.7. The van der Waals surface area contributed by atoms with Crippen molar-refractivity contribution in [3.8, 4) is 0 Å². The van der Waals surface area contributed by atoms with Crippen LogP contribution in [-0.4, -0.2) is 32.7 Å². The number of hydrogen-bond acceptors (Lipinski definition) is 4. The van der Waals surface area contributed by atoms with Crippen molar-refractivity contribution in [1.82, 2.24) is 0 Å². The third-order valence-corrected chi connectivity index (χ3v) is 6.50.